The molecule has 1 fully saturated rings. The third-order valence-corrected chi connectivity index (χ3v) is 4.85. The number of anilines is 3. The summed E-state index contributed by atoms with van der Waals surface area (Å²) in [5.41, 5.74) is 3.08. The Bertz CT molecular complexity index is 985. The minimum Gasteiger partial charge on any atom is -0.494 e. The van der Waals surface area contributed by atoms with E-state index in [1.54, 1.807) is 12.1 Å². The van der Waals surface area contributed by atoms with E-state index in [-0.39, 0.29) is 6.03 Å². The molecule has 0 saturated carbocycles. The summed E-state index contributed by atoms with van der Waals surface area (Å²) < 4.78 is 10.8. The molecule has 3 aromatic rings. The number of ether oxygens (including phenoxy) is 2. The lowest BCUT2D eigenvalue weighted by Crippen LogP contribution is -2.36. The molecule has 0 unspecified atom stereocenters. The van der Waals surface area contributed by atoms with Crippen LogP contribution in [0.25, 0.3) is 11.3 Å². The molecule has 2 amide bonds. The molecular weight excluding hydrogens is 394 g/mol. The van der Waals surface area contributed by atoms with E-state index in [1.807, 2.05) is 55.5 Å². The van der Waals surface area contributed by atoms with Gasteiger partial charge in [0.2, 0.25) is 0 Å². The van der Waals surface area contributed by atoms with Gasteiger partial charge in [-0.15, -0.1) is 10.2 Å². The Morgan fingerprint density at radius 2 is 1.58 bits per heavy atom. The van der Waals surface area contributed by atoms with E-state index in [9.17, 15) is 4.79 Å². The van der Waals surface area contributed by atoms with Gasteiger partial charge in [-0.1, -0.05) is 12.1 Å². The van der Waals surface area contributed by atoms with Crippen LogP contribution in [-0.2, 0) is 4.74 Å². The van der Waals surface area contributed by atoms with E-state index in [4.69, 9.17) is 9.47 Å². The molecule has 160 valence electrons. The molecular formula is C23H25N5O3. The molecule has 4 rings (SSSR count). The molecule has 0 aliphatic carbocycles. The SMILES string of the molecule is CCOc1ccc(NC(=O)Nc2ccc(-c3ccc(N4CCOCC4)nn3)cc2)cc1. The monoisotopic (exact) mass is 419 g/mol. The van der Waals surface area contributed by atoms with Crippen LogP contribution in [0, 0.1) is 0 Å². The largest absolute Gasteiger partial charge is 0.494 e. The van der Waals surface area contributed by atoms with Crippen molar-refractivity contribution < 1.29 is 14.3 Å². The van der Waals surface area contributed by atoms with Gasteiger partial charge in [-0.25, -0.2) is 4.79 Å². The average Bonchev–Trinajstić information content (AvgIpc) is 2.82. The predicted molar refractivity (Wildman–Crippen MR) is 121 cm³/mol. The number of nitrogens with one attached hydrogen (secondary N) is 2. The lowest BCUT2D eigenvalue weighted by Gasteiger charge is -2.27. The number of aromatic nitrogens is 2. The van der Waals surface area contributed by atoms with E-state index in [0.717, 1.165) is 35.9 Å². The van der Waals surface area contributed by atoms with Gasteiger partial charge >= 0.3 is 6.03 Å². The fourth-order valence-corrected chi connectivity index (χ4v) is 3.26. The number of hydrogen-bond acceptors (Lipinski definition) is 6. The molecule has 8 nitrogen and oxygen atoms in total. The van der Waals surface area contributed by atoms with E-state index in [0.29, 0.717) is 31.2 Å². The fraction of sp³-hybridized carbons (Fsp3) is 0.261. The lowest BCUT2D eigenvalue weighted by atomic mass is 10.1. The van der Waals surface area contributed by atoms with Crippen molar-refractivity contribution in [1.82, 2.24) is 10.2 Å². The number of benzene rings is 2. The maximum atomic E-state index is 12.2. The van der Waals surface area contributed by atoms with Gasteiger partial charge in [-0.2, -0.15) is 0 Å². The predicted octanol–water partition coefficient (Wildman–Crippen LogP) is 4.02. The highest BCUT2D eigenvalue weighted by molar-refractivity contribution is 5.99. The maximum absolute atomic E-state index is 12.2. The molecule has 8 heteroatoms. The normalized spacial score (nSPS) is 13.5. The summed E-state index contributed by atoms with van der Waals surface area (Å²) in [5.74, 6) is 1.63. The number of urea groups is 1. The second-order valence-corrected chi connectivity index (χ2v) is 6.99. The van der Waals surface area contributed by atoms with Crippen molar-refractivity contribution in [2.75, 3.05) is 48.4 Å². The second kappa shape index (κ2) is 9.90. The number of amides is 2. The van der Waals surface area contributed by atoms with E-state index in [1.165, 1.54) is 0 Å². The highest BCUT2D eigenvalue weighted by atomic mass is 16.5. The first-order valence-corrected chi connectivity index (χ1v) is 10.3. The molecule has 1 aromatic heterocycles. The summed E-state index contributed by atoms with van der Waals surface area (Å²) in [6.07, 6.45) is 0. The Kier molecular flexibility index (Phi) is 6.59. The van der Waals surface area contributed by atoms with Crippen molar-refractivity contribution in [3.8, 4) is 17.0 Å². The van der Waals surface area contributed by atoms with Crippen LogP contribution >= 0.6 is 0 Å². The summed E-state index contributed by atoms with van der Waals surface area (Å²) in [6, 6.07) is 18.3. The number of hydrogen-bond donors (Lipinski definition) is 2. The fourth-order valence-electron chi connectivity index (χ4n) is 3.26. The van der Waals surface area contributed by atoms with Gasteiger partial charge in [-0.05, 0) is 55.5 Å². The Morgan fingerprint density at radius 1 is 0.935 bits per heavy atom. The molecule has 2 heterocycles. The first-order chi connectivity index (χ1) is 15.2. The van der Waals surface area contributed by atoms with Crippen LogP contribution in [0.3, 0.4) is 0 Å². The van der Waals surface area contributed by atoms with E-state index >= 15 is 0 Å². The van der Waals surface area contributed by atoms with Crippen LogP contribution in [0.4, 0.5) is 22.0 Å². The van der Waals surface area contributed by atoms with Crippen molar-refractivity contribution >= 4 is 23.2 Å². The Labute approximate surface area is 181 Å². The van der Waals surface area contributed by atoms with E-state index in [2.05, 4.69) is 25.7 Å². The molecule has 31 heavy (non-hydrogen) atoms. The summed E-state index contributed by atoms with van der Waals surface area (Å²) in [6.45, 7) is 5.61. The van der Waals surface area contributed by atoms with Crippen molar-refractivity contribution in [2.45, 2.75) is 6.92 Å². The van der Waals surface area contributed by atoms with Gasteiger partial charge in [0.15, 0.2) is 5.82 Å². The van der Waals surface area contributed by atoms with Gasteiger partial charge in [-0.3, -0.25) is 0 Å². The number of carbonyl (C=O) groups excluding carboxylic acids is 1. The van der Waals surface area contributed by atoms with E-state index < -0.39 is 0 Å². The summed E-state index contributed by atoms with van der Waals surface area (Å²) >= 11 is 0. The Balaban J connectivity index is 1.33. The lowest BCUT2D eigenvalue weighted by molar-refractivity contribution is 0.122. The number of carbonyl (C=O) groups is 1. The molecule has 1 aliphatic heterocycles. The second-order valence-electron chi connectivity index (χ2n) is 6.99. The molecule has 2 N–H and O–H groups in total. The first kappa shape index (κ1) is 20.6. The minimum absolute atomic E-state index is 0.313. The zero-order chi connectivity index (χ0) is 21.5. The van der Waals surface area contributed by atoms with Crippen molar-refractivity contribution in [3.63, 3.8) is 0 Å². The zero-order valence-electron chi connectivity index (χ0n) is 17.4. The van der Waals surface area contributed by atoms with Crippen molar-refractivity contribution in [3.05, 3.63) is 60.7 Å². The topological polar surface area (TPSA) is 88.6 Å². The van der Waals surface area contributed by atoms with Crippen LogP contribution < -0.4 is 20.3 Å². The van der Waals surface area contributed by atoms with Crippen LogP contribution in [0.1, 0.15) is 6.92 Å². The van der Waals surface area contributed by atoms with Crippen LogP contribution in [0.2, 0.25) is 0 Å². The summed E-state index contributed by atoms with van der Waals surface area (Å²) in [7, 11) is 0. The average molecular weight is 419 g/mol. The third kappa shape index (κ3) is 5.49. The van der Waals surface area contributed by atoms with Crippen LogP contribution in [-0.4, -0.2) is 49.1 Å². The molecule has 0 bridgehead atoms. The van der Waals surface area contributed by atoms with Gasteiger partial charge in [0, 0.05) is 30.0 Å². The zero-order valence-corrected chi connectivity index (χ0v) is 17.4. The molecule has 0 spiro atoms. The molecule has 0 atom stereocenters. The van der Waals surface area contributed by atoms with Crippen molar-refractivity contribution in [1.29, 1.82) is 0 Å². The summed E-state index contributed by atoms with van der Waals surface area (Å²) in [4.78, 5) is 14.4. The Hall–Kier alpha value is -3.65. The van der Waals surface area contributed by atoms with Gasteiger partial charge in [0.1, 0.15) is 5.75 Å². The van der Waals surface area contributed by atoms with Gasteiger partial charge < -0.3 is 25.0 Å². The highest BCUT2D eigenvalue weighted by Crippen LogP contribution is 2.21. The molecule has 0 radical (unpaired) electrons. The smallest absolute Gasteiger partial charge is 0.323 e. The third-order valence-electron chi connectivity index (χ3n) is 4.85. The summed E-state index contributed by atoms with van der Waals surface area (Å²) in [5, 5.41) is 14.3. The number of morpholine rings is 1. The molecule has 1 saturated heterocycles. The van der Waals surface area contributed by atoms with Gasteiger partial charge in [0.05, 0.1) is 25.5 Å². The van der Waals surface area contributed by atoms with Crippen LogP contribution in [0.5, 0.6) is 5.75 Å². The van der Waals surface area contributed by atoms with Gasteiger partial charge in [0.25, 0.3) is 0 Å². The standard InChI is InChI=1S/C23H25N5O3/c1-2-31-20-9-7-19(8-10-20)25-23(29)24-18-5-3-17(4-6-18)21-11-12-22(27-26-21)28-13-15-30-16-14-28/h3-12H,2,13-16H2,1H3,(H2,24,25,29). The number of nitrogens with zero attached hydrogens (tertiary/aromatic N) is 3. The minimum atomic E-state index is -0.313. The first-order valence-electron chi connectivity index (χ1n) is 10.3. The Morgan fingerprint density at radius 3 is 2.16 bits per heavy atom. The quantitative estimate of drug-likeness (QED) is 0.627. The number of rotatable bonds is 6. The van der Waals surface area contributed by atoms with Crippen LogP contribution in [0.15, 0.2) is 60.7 Å². The molecule has 2 aromatic carbocycles. The highest BCUT2D eigenvalue weighted by Gasteiger charge is 2.13. The maximum Gasteiger partial charge on any atom is 0.323 e. The molecule has 1 aliphatic rings. The van der Waals surface area contributed by atoms with Crippen molar-refractivity contribution in [2.24, 2.45) is 0 Å².